The van der Waals surface area contributed by atoms with E-state index in [1.54, 1.807) is 0 Å². The molecule has 0 radical (unpaired) electrons. The molecule has 3 rings (SSSR count). The number of anilines is 1. The van der Waals surface area contributed by atoms with E-state index in [9.17, 15) is 26.3 Å². The zero-order valence-electron chi connectivity index (χ0n) is 23.1. The van der Waals surface area contributed by atoms with Crippen LogP contribution in [-0.4, -0.2) is 6.54 Å². The largest absolute Gasteiger partial charge is 0.416 e. The Bertz CT molecular complexity index is 1190. The van der Waals surface area contributed by atoms with Gasteiger partial charge in [0.25, 0.3) is 0 Å². The average Bonchev–Trinajstić information content (AvgIpc) is 2.85. The van der Waals surface area contributed by atoms with Gasteiger partial charge in [0.15, 0.2) is 0 Å². The summed E-state index contributed by atoms with van der Waals surface area (Å²) < 4.78 is 78.9. The van der Waals surface area contributed by atoms with Gasteiger partial charge in [-0.05, 0) is 95.3 Å². The summed E-state index contributed by atoms with van der Waals surface area (Å²) in [5.41, 5.74) is 2.87. The van der Waals surface area contributed by atoms with E-state index in [2.05, 4.69) is 45.6 Å². The quantitative estimate of drug-likeness (QED) is 0.227. The van der Waals surface area contributed by atoms with E-state index in [0.29, 0.717) is 36.2 Å². The summed E-state index contributed by atoms with van der Waals surface area (Å²) in [6.45, 7) is 11.8. The second-order valence-electron chi connectivity index (χ2n) is 11.2. The van der Waals surface area contributed by atoms with Crippen molar-refractivity contribution in [2.24, 2.45) is 11.8 Å². The molecule has 0 saturated heterocycles. The van der Waals surface area contributed by atoms with Crippen LogP contribution >= 0.6 is 0 Å². The molecule has 0 aliphatic heterocycles. The topological polar surface area (TPSA) is 3.24 Å². The third kappa shape index (κ3) is 8.77. The third-order valence-corrected chi connectivity index (χ3v) is 6.86. The van der Waals surface area contributed by atoms with E-state index in [4.69, 9.17) is 0 Å². The second-order valence-corrected chi connectivity index (χ2v) is 11.2. The highest BCUT2D eigenvalue weighted by atomic mass is 19.4. The summed E-state index contributed by atoms with van der Waals surface area (Å²) in [6, 6.07) is 16.5. The van der Waals surface area contributed by atoms with Crippen LogP contribution in [0, 0.1) is 11.8 Å². The standard InChI is InChI=1S/C32H37F6N/c1-21(2)14-15-39(30-12-10-29(11-13-30)32(36,37)38)20-24-17-26(23(5)16-22(3)4)19-27(18-24)25-6-8-28(9-7-25)31(33,34)35/h6-13,17-19,21-23H,14-16,20H2,1-5H3/t23-/m1/s1. The smallest absolute Gasteiger partial charge is 0.367 e. The molecule has 212 valence electrons. The van der Waals surface area contributed by atoms with Crippen molar-refractivity contribution < 1.29 is 26.3 Å². The van der Waals surface area contributed by atoms with Crippen molar-refractivity contribution in [1.82, 2.24) is 0 Å². The van der Waals surface area contributed by atoms with E-state index in [0.717, 1.165) is 53.8 Å². The van der Waals surface area contributed by atoms with Crippen molar-refractivity contribution in [3.05, 3.63) is 89.0 Å². The third-order valence-electron chi connectivity index (χ3n) is 6.86. The molecular weight excluding hydrogens is 512 g/mol. The molecule has 0 heterocycles. The fourth-order valence-corrected chi connectivity index (χ4v) is 4.75. The van der Waals surface area contributed by atoms with Crippen molar-refractivity contribution in [3.63, 3.8) is 0 Å². The second kappa shape index (κ2) is 12.5. The maximum atomic E-state index is 13.2. The van der Waals surface area contributed by atoms with Crippen LogP contribution in [0.4, 0.5) is 32.0 Å². The predicted molar refractivity (Wildman–Crippen MR) is 147 cm³/mol. The van der Waals surface area contributed by atoms with Gasteiger partial charge in [-0.15, -0.1) is 0 Å². The van der Waals surface area contributed by atoms with Crippen LogP contribution in [-0.2, 0) is 18.9 Å². The highest BCUT2D eigenvalue weighted by Gasteiger charge is 2.31. The number of halogens is 6. The van der Waals surface area contributed by atoms with E-state index < -0.39 is 23.5 Å². The molecule has 0 spiro atoms. The first kappa shape index (κ1) is 30.6. The van der Waals surface area contributed by atoms with Crippen LogP contribution in [0.15, 0.2) is 66.7 Å². The van der Waals surface area contributed by atoms with Crippen molar-refractivity contribution in [2.75, 3.05) is 11.4 Å². The molecule has 0 aliphatic carbocycles. The van der Waals surface area contributed by atoms with Crippen molar-refractivity contribution in [2.45, 2.75) is 72.3 Å². The number of hydrogen-bond acceptors (Lipinski definition) is 1. The first-order valence-electron chi connectivity index (χ1n) is 13.4. The molecule has 3 aromatic carbocycles. The molecule has 3 aromatic rings. The van der Waals surface area contributed by atoms with Crippen molar-refractivity contribution in [1.29, 1.82) is 0 Å². The molecule has 1 atom stereocenters. The van der Waals surface area contributed by atoms with Gasteiger partial charge in [0.2, 0.25) is 0 Å². The first-order valence-corrected chi connectivity index (χ1v) is 13.4. The lowest BCUT2D eigenvalue weighted by molar-refractivity contribution is -0.138. The van der Waals surface area contributed by atoms with Gasteiger partial charge >= 0.3 is 12.4 Å². The zero-order valence-corrected chi connectivity index (χ0v) is 23.1. The number of rotatable bonds is 10. The highest BCUT2D eigenvalue weighted by Crippen LogP contribution is 2.35. The molecule has 0 bridgehead atoms. The lowest BCUT2D eigenvalue weighted by Gasteiger charge is -2.27. The fourth-order valence-electron chi connectivity index (χ4n) is 4.75. The van der Waals surface area contributed by atoms with Crippen molar-refractivity contribution >= 4 is 5.69 Å². The first-order chi connectivity index (χ1) is 18.1. The summed E-state index contributed by atoms with van der Waals surface area (Å²) in [4.78, 5) is 2.07. The van der Waals surface area contributed by atoms with Gasteiger partial charge in [0, 0.05) is 18.8 Å². The maximum Gasteiger partial charge on any atom is 0.416 e. The molecule has 0 unspecified atom stereocenters. The van der Waals surface area contributed by atoms with Crippen LogP contribution in [0.25, 0.3) is 11.1 Å². The minimum absolute atomic E-state index is 0.230. The van der Waals surface area contributed by atoms with Crippen LogP contribution in [0.1, 0.15) is 75.6 Å². The van der Waals surface area contributed by atoms with E-state index >= 15 is 0 Å². The van der Waals surface area contributed by atoms with Gasteiger partial charge in [-0.3, -0.25) is 0 Å². The molecule has 0 N–H and O–H groups in total. The monoisotopic (exact) mass is 549 g/mol. The highest BCUT2D eigenvalue weighted by molar-refractivity contribution is 5.66. The van der Waals surface area contributed by atoms with Gasteiger partial charge < -0.3 is 4.90 Å². The Kier molecular flexibility index (Phi) is 9.78. The number of benzene rings is 3. The van der Waals surface area contributed by atoms with Gasteiger partial charge in [0.1, 0.15) is 0 Å². The average molecular weight is 550 g/mol. The minimum atomic E-state index is -4.41. The van der Waals surface area contributed by atoms with Gasteiger partial charge in [-0.2, -0.15) is 26.3 Å². The Balaban J connectivity index is 2.02. The van der Waals surface area contributed by atoms with Gasteiger partial charge in [-0.1, -0.05) is 58.9 Å². The molecule has 0 fully saturated rings. The molecule has 0 saturated carbocycles. The number of alkyl halides is 6. The Morgan fingerprint density at radius 1 is 0.641 bits per heavy atom. The minimum Gasteiger partial charge on any atom is -0.367 e. The molecule has 7 heteroatoms. The Labute approximate surface area is 227 Å². The van der Waals surface area contributed by atoms with Crippen LogP contribution in [0.5, 0.6) is 0 Å². The molecule has 1 nitrogen and oxygen atoms in total. The lowest BCUT2D eigenvalue weighted by Crippen LogP contribution is -2.25. The maximum absolute atomic E-state index is 13.2. The van der Waals surface area contributed by atoms with Crippen LogP contribution in [0.3, 0.4) is 0 Å². The number of hydrogen-bond donors (Lipinski definition) is 0. The Morgan fingerprint density at radius 2 is 1.18 bits per heavy atom. The summed E-state index contributed by atoms with van der Waals surface area (Å²) in [5.74, 6) is 1.10. The predicted octanol–water partition coefficient (Wildman–Crippen LogP) is 10.6. The van der Waals surface area contributed by atoms with E-state index in [1.807, 2.05) is 12.1 Å². The van der Waals surface area contributed by atoms with Gasteiger partial charge in [-0.25, -0.2) is 0 Å². The van der Waals surface area contributed by atoms with Crippen LogP contribution < -0.4 is 4.90 Å². The van der Waals surface area contributed by atoms with Crippen molar-refractivity contribution in [3.8, 4) is 11.1 Å². The lowest BCUT2D eigenvalue weighted by atomic mass is 9.88. The molecule has 0 aliphatic rings. The SMILES string of the molecule is CC(C)CCN(Cc1cc(-c2ccc(C(F)(F)F)cc2)cc([C@H](C)CC(C)C)c1)c1ccc(C(F)(F)F)cc1. The molecule has 0 aromatic heterocycles. The molecular formula is C32H37F6N. The van der Waals surface area contributed by atoms with Crippen LogP contribution in [0.2, 0.25) is 0 Å². The summed E-state index contributed by atoms with van der Waals surface area (Å²) in [5, 5.41) is 0. The number of nitrogens with zero attached hydrogens (tertiary/aromatic N) is 1. The van der Waals surface area contributed by atoms with E-state index in [-0.39, 0.29) is 5.92 Å². The Morgan fingerprint density at radius 3 is 1.67 bits per heavy atom. The molecule has 0 amide bonds. The van der Waals surface area contributed by atoms with Gasteiger partial charge in [0.05, 0.1) is 11.1 Å². The summed E-state index contributed by atoms with van der Waals surface area (Å²) in [6.07, 6.45) is -7.00. The Hall–Kier alpha value is -2.96. The summed E-state index contributed by atoms with van der Waals surface area (Å²) in [7, 11) is 0. The normalized spacial score (nSPS) is 13.3. The summed E-state index contributed by atoms with van der Waals surface area (Å²) >= 11 is 0. The van der Waals surface area contributed by atoms with E-state index in [1.165, 1.54) is 24.3 Å². The molecule has 39 heavy (non-hydrogen) atoms. The fraction of sp³-hybridized carbons (Fsp3) is 0.438. The zero-order chi connectivity index (χ0) is 29.0.